The van der Waals surface area contributed by atoms with Crippen molar-refractivity contribution in [3.8, 4) is 0 Å². The lowest BCUT2D eigenvalue weighted by Crippen LogP contribution is -2.15. The maximum atomic E-state index is 13.0. The maximum Gasteiger partial charge on any atom is 0.255 e. The summed E-state index contributed by atoms with van der Waals surface area (Å²) >= 11 is 0. The number of aliphatic hydroxyl groups is 1. The van der Waals surface area contributed by atoms with Gasteiger partial charge in [0, 0.05) is 100 Å². The van der Waals surface area contributed by atoms with Crippen molar-refractivity contribution in [3.05, 3.63) is 120 Å². The Kier molecular flexibility index (Phi) is 7.70. The van der Waals surface area contributed by atoms with Crippen molar-refractivity contribution < 1.29 is 14.7 Å². The predicted octanol–water partition coefficient (Wildman–Crippen LogP) is 6.40. The molecule has 4 aromatic carbocycles. The summed E-state index contributed by atoms with van der Waals surface area (Å²) in [6, 6.07) is 28.0. The topological polar surface area (TPSA) is 115 Å². The first kappa shape index (κ1) is 28.4. The average molecular weight is 585 g/mol. The van der Waals surface area contributed by atoms with Crippen LogP contribution >= 0.6 is 0 Å². The molecule has 0 saturated carbocycles. The number of nitrogens with one attached hydrogen (secondary N) is 3. The van der Waals surface area contributed by atoms with Gasteiger partial charge >= 0.3 is 0 Å². The molecular formula is C35H32N6O3. The van der Waals surface area contributed by atoms with E-state index in [1.165, 1.54) is 6.21 Å². The Morgan fingerprint density at radius 1 is 0.795 bits per heavy atom. The Balaban J connectivity index is 1.13. The summed E-state index contributed by atoms with van der Waals surface area (Å²) in [6.07, 6.45) is 5.12. The molecule has 9 nitrogen and oxygen atoms in total. The van der Waals surface area contributed by atoms with Crippen LogP contribution in [0, 0.1) is 5.41 Å². The first-order valence-electron chi connectivity index (χ1n) is 14.2. The third-order valence-electron chi connectivity index (χ3n) is 7.84. The molecule has 0 fully saturated rings. The van der Waals surface area contributed by atoms with Crippen molar-refractivity contribution in [2.75, 3.05) is 29.2 Å². The molecule has 0 saturated heterocycles. The van der Waals surface area contributed by atoms with E-state index in [9.17, 15) is 14.7 Å². The van der Waals surface area contributed by atoms with Gasteiger partial charge in [0.2, 0.25) is 0 Å². The van der Waals surface area contributed by atoms with Crippen molar-refractivity contribution in [1.29, 1.82) is 5.41 Å². The van der Waals surface area contributed by atoms with Crippen molar-refractivity contribution in [2.24, 2.45) is 7.05 Å². The number of aromatic nitrogens is 2. The minimum atomic E-state index is -0.250. The number of aliphatic hydroxyl groups excluding tert-OH is 1. The van der Waals surface area contributed by atoms with Gasteiger partial charge in [0.25, 0.3) is 11.8 Å². The van der Waals surface area contributed by atoms with Crippen LogP contribution in [-0.4, -0.2) is 45.9 Å². The summed E-state index contributed by atoms with van der Waals surface area (Å²) in [5.41, 5.74) is 6.68. The summed E-state index contributed by atoms with van der Waals surface area (Å²) in [4.78, 5) is 27.9. The van der Waals surface area contributed by atoms with Crippen LogP contribution in [0.4, 0.5) is 22.7 Å². The van der Waals surface area contributed by atoms with Crippen molar-refractivity contribution in [1.82, 2.24) is 9.13 Å². The Labute approximate surface area is 254 Å². The fraction of sp³-hybridized carbons (Fsp3) is 0.114. The average Bonchev–Trinajstić information content (AvgIpc) is 3.63. The Morgan fingerprint density at radius 3 is 2.09 bits per heavy atom. The zero-order chi connectivity index (χ0) is 30.8. The third kappa shape index (κ3) is 5.56. The lowest BCUT2D eigenvalue weighted by atomic mass is 10.1. The molecule has 220 valence electrons. The van der Waals surface area contributed by atoms with Crippen LogP contribution in [0.3, 0.4) is 0 Å². The highest BCUT2D eigenvalue weighted by atomic mass is 16.3. The minimum absolute atomic E-state index is 0.0445. The van der Waals surface area contributed by atoms with E-state index in [1.807, 2.05) is 119 Å². The van der Waals surface area contributed by atoms with Crippen LogP contribution in [0.25, 0.3) is 21.8 Å². The Morgan fingerprint density at radius 2 is 1.41 bits per heavy atom. The molecule has 9 heteroatoms. The number of rotatable bonds is 9. The minimum Gasteiger partial charge on any atom is -0.395 e. The molecule has 0 spiro atoms. The van der Waals surface area contributed by atoms with Gasteiger partial charge in [0.15, 0.2) is 0 Å². The van der Waals surface area contributed by atoms with E-state index in [0.717, 1.165) is 33.2 Å². The van der Waals surface area contributed by atoms with Crippen LogP contribution in [0.15, 0.2) is 103 Å². The third-order valence-corrected chi connectivity index (χ3v) is 7.84. The standard InChI is InChI=1S/C35H32N6O3/c1-39-15-13-23-19-25(3-10-31(23)39)34(43)37-28-5-8-30(9-6-28)40(2)32-12-7-29(21-27(32)22-36)38-35(44)26-4-11-33-24(20-26)14-16-41(33)17-18-42/h3-16,19-22,36,42H,17-18H2,1-2H3,(H,37,43)(H,38,44). The Bertz CT molecular complexity index is 2020. The molecule has 0 aliphatic carbocycles. The highest BCUT2D eigenvalue weighted by Crippen LogP contribution is 2.30. The molecule has 6 rings (SSSR count). The van der Waals surface area contributed by atoms with Gasteiger partial charge < -0.3 is 35.2 Å². The zero-order valence-corrected chi connectivity index (χ0v) is 24.4. The maximum absolute atomic E-state index is 13.0. The second-order valence-electron chi connectivity index (χ2n) is 10.6. The van der Waals surface area contributed by atoms with Crippen molar-refractivity contribution in [3.63, 3.8) is 0 Å². The van der Waals surface area contributed by atoms with Gasteiger partial charge in [-0.05, 0) is 91.0 Å². The fourth-order valence-corrected chi connectivity index (χ4v) is 5.43. The van der Waals surface area contributed by atoms with E-state index in [-0.39, 0.29) is 18.4 Å². The largest absolute Gasteiger partial charge is 0.395 e. The van der Waals surface area contributed by atoms with Crippen LogP contribution in [0.5, 0.6) is 0 Å². The molecule has 0 bridgehead atoms. The van der Waals surface area contributed by atoms with Gasteiger partial charge in [-0.25, -0.2) is 0 Å². The van der Waals surface area contributed by atoms with Gasteiger partial charge in [0.1, 0.15) is 0 Å². The second-order valence-corrected chi connectivity index (χ2v) is 10.6. The van der Waals surface area contributed by atoms with Crippen LogP contribution in [0.1, 0.15) is 26.3 Å². The second kappa shape index (κ2) is 11.9. The molecule has 0 atom stereocenters. The summed E-state index contributed by atoms with van der Waals surface area (Å²) in [5.74, 6) is -0.430. The molecule has 2 amide bonds. The van der Waals surface area contributed by atoms with E-state index < -0.39 is 0 Å². The van der Waals surface area contributed by atoms with Gasteiger partial charge in [-0.3, -0.25) is 9.59 Å². The number of amides is 2. The van der Waals surface area contributed by atoms with E-state index in [2.05, 4.69) is 10.6 Å². The van der Waals surface area contributed by atoms with Gasteiger partial charge in [-0.1, -0.05) is 0 Å². The first-order valence-corrected chi connectivity index (χ1v) is 14.2. The molecule has 4 N–H and O–H groups in total. The van der Waals surface area contributed by atoms with Crippen LogP contribution in [-0.2, 0) is 13.6 Å². The number of aryl methyl sites for hydroxylation is 1. The molecule has 2 heterocycles. The summed E-state index contributed by atoms with van der Waals surface area (Å²) in [6.45, 7) is 0.540. The SMILES string of the molecule is CN(c1ccc(NC(=O)c2ccc3c(ccn3C)c2)cc1)c1ccc(NC(=O)c2ccc3c(ccn3CCO)c2)cc1C=N. The summed E-state index contributed by atoms with van der Waals surface area (Å²) < 4.78 is 3.96. The predicted molar refractivity (Wildman–Crippen MR) is 177 cm³/mol. The molecule has 0 unspecified atom stereocenters. The van der Waals surface area contributed by atoms with E-state index in [0.29, 0.717) is 34.6 Å². The number of fused-ring (bicyclic) bond motifs is 2. The number of hydrogen-bond acceptors (Lipinski definition) is 5. The number of nitrogens with zero attached hydrogens (tertiary/aromatic N) is 3. The highest BCUT2D eigenvalue weighted by molar-refractivity contribution is 6.07. The number of carbonyl (C=O) groups excluding carboxylic acids is 2. The Hall–Kier alpha value is -5.67. The zero-order valence-electron chi connectivity index (χ0n) is 24.4. The number of anilines is 4. The monoisotopic (exact) mass is 584 g/mol. The molecule has 6 aromatic rings. The normalized spacial score (nSPS) is 11.1. The molecular weight excluding hydrogens is 552 g/mol. The number of carbonyl (C=O) groups is 2. The molecule has 0 radical (unpaired) electrons. The van der Waals surface area contributed by atoms with E-state index >= 15 is 0 Å². The van der Waals surface area contributed by atoms with E-state index in [1.54, 1.807) is 12.1 Å². The summed E-state index contributed by atoms with van der Waals surface area (Å²) in [7, 11) is 3.88. The van der Waals surface area contributed by atoms with Crippen LogP contribution < -0.4 is 15.5 Å². The smallest absolute Gasteiger partial charge is 0.255 e. The van der Waals surface area contributed by atoms with E-state index in [4.69, 9.17) is 5.41 Å². The summed E-state index contributed by atoms with van der Waals surface area (Å²) in [5, 5.41) is 25.1. The van der Waals surface area contributed by atoms with Crippen molar-refractivity contribution in [2.45, 2.75) is 6.54 Å². The van der Waals surface area contributed by atoms with Gasteiger partial charge in [0.05, 0.1) is 6.61 Å². The highest BCUT2D eigenvalue weighted by Gasteiger charge is 2.14. The van der Waals surface area contributed by atoms with Crippen LogP contribution in [0.2, 0.25) is 0 Å². The lowest BCUT2D eigenvalue weighted by Gasteiger charge is -2.22. The van der Waals surface area contributed by atoms with Gasteiger partial charge in [-0.15, -0.1) is 0 Å². The number of hydrogen-bond donors (Lipinski definition) is 4. The lowest BCUT2D eigenvalue weighted by molar-refractivity contribution is 0.101. The molecule has 2 aromatic heterocycles. The quantitative estimate of drug-likeness (QED) is 0.147. The first-order chi connectivity index (χ1) is 21.3. The fourth-order valence-electron chi connectivity index (χ4n) is 5.43. The number of benzene rings is 4. The van der Waals surface area contributed by atoms with Gasteiger partial charge in [-0.2, -0.15) is 0 Å². The van der Waals surface area contributed by atoms with Crippen molar-refractivity contribution >= 4 is 62.6 Å². The molecule has 44 heavy (non-hydrogen) atoms. The molecule has 0 aliphatic rings. The molecule has 0 aliphatic heterocycles.